The van der Waals surface area contributed by atoms with E-state index in [0.717, 1.165) is 6.42 Å². The molecule has 3 aliphatic carbocycles. The molecule has 0 aromatic rings. The standard InChI is InChI=1S/C13H19BrO5/c1-17-4-18-3-13(16)11(15)7-5-2-6-8(7)12(13)19-10(6)9(5)14/h5-12,15-16H,2-4H2,1H3/t5-,6+,7-,8+,9-,10-,11+,12+,13+/m1/s1. The number of ether oxygens (including phenoxy) is 3. The van der Waals surface area contributed by atoms with Gasteiger partial charge in [0.15, 0.2) is 0 Å². The Hall–Kier alpha value is 0.280. The first-order valence-corrected chi connectivity index (χ1v) is 7.78. The molecular weight excluding hydrogens is 316 g/mol. The third kappa shape index (κ3) is 1.43. The topological polar surface area (TPSA) is 68.2 Å². The van der Waals surface area contributed by atoms with Crippen molar-refractivity contribution in [2.75, 3.05) is 20.5 Å². The zero-order valence-electron chi connectivity index (χ0n) is 10.7. The Labute approximate surface area is 120 Å². The summed E-state index contributed by atoms with van der Waals surface area (Å²) in [6, 6.07) is 0. The fourth-order valence-electron chi connectivity index (χ4n) is 5.09. The molecule has 2 N–H and O–H groups in total. The summed E-state index contributed by atoms with van der Waals surface area (Å²) in [5.41, 5.74) is -1.29. The first-order chi connectivity index (χ1) is 9.09. The van der Waals surface area contributed by atoms with Crippen LogP contribution in [0.15, 0.2) is 0 Å². The molecule has 4 aliphatic rings. The normalized spacial score (nSPS) is 61.3. The molecule has 4 fully saturated rings. The molecule has 19 heavy (non-hydrogen) atoms. The molecule has 1 heterocycles. The number of hydrogen-bond donors (Lipinski definition) is 2. The van der Waals surface area contributed by atoms with Crippen LogP contribution in [0.2, 0.25) is 0 Å². The maximum atomic E-state index is 10.8. The molecule has 4 rings (SSSR count). The van der Waals surface area contributed by atoms with Gasteiger partial charge in [-0.15, -0.1) is 0 Å². The molecule has 1 saturated heterocycles. The van der Waals surface area contributed by atoms with Crippen LogP contribution >= 0.6 is 15.9 Å². The number of fused-ring (bicyclic) bond motifs is 2. The predicted molar refractivity (Wildman–Crippen MR) is 68.7 cm³/mol. The summed E-state index contributed by atoms with van der Waals surface area (Å²) in [7, 11) is 1.54. The first-order valence-electron chi connectivity index (χ1n) is 6.86. The van der Waals surface area contributed by atoms with Crippen LogP contribution in [0.25, 0.3) is 0 Å². The molecule has 2 bridgehead atoms. The van der Waals surface area contributed by atoms with Crippen molar-refractivity contribution in [3.63, 3.8) is 0 Å². The summed E-state index contributed by atoms with van der Waals surface area (Å²) >= 11 is 3.71. The summed E-state index contributed by atoms with van der Waals surface area (Å²) < 4.78 is 16.2. The van der Waals surface area contributed by atoms with E-state index in [2.05, 4.69) is 15.9 Å². The lowest BCUT2D eigenvalue weighted by Gasteiger charge is -2.37. The number of rotatable bonds is 4. The van der Waals surface area contributed by atoms with Crippen LogP contribution < -0.4 is 0 Å². The molecule has 6 heteroatoms. The highest BCUT2D eigenvalue weighted by molar-refractivity contribution is 9.09. The maximum Gasteiger partial charge on any atom is 0.146 e. The van der Waals surface area contributed by atoms with E-state index in [9.17, 15) is 10.2 Å². The summed E-state index contributed by atoms with van der Waals surface area (Å²) in [5, 5.41) is 21.4. The van der Waals surface area contributed by atoms with Crippen LogP contribution in [0.5, 0.6) is 0 Å². The van der Waals surface area contributed by atoms with E-state index in [4.69, 9.17) is 14.2 Å². The van der Waals surface area contributed by atoms with E-state index in [0.29, 0.717) is 16.7 Å². The molecular formula is C13H19BrO5. The molecule has 108 valence electrons. The third-order valence-electron chi connectivity index (χ3n) is 5.68. The molecule has 1 aliphatic heterocycles. The molecule has 3 saturated carbocycles. The number of halogens is 1. The fraction of sp³-hybridized carbons (Fsp3) is 1.00. The highest BCUT2D eigenvalue weighted by atomic mass is 79.9. The van der Waals surface area contributed by atoms with Crippen LogP contribution in [-0.4, -0.2) is 59.5 Å². The van der Waals surface area contributed by atoms with Gasteiger partial charge in [-0.05, 0) is 30.1 Å². The van der Waals surface area contributed by atoms with Crippen molar-refractivity contribution in [1.29, 1.82) is 0 Å². The molecule has 0 amide bonds. The second kappa shape index (κ2) is 4.15. The summed E-state index contributed by atoms with van der Waals surface area (Å²) in [5.74, 6) is 1.32. The number of alkyl halides is 1. The SMILES string of the molecule is COCOC[C@]1(O)[C@@H](O)[C@@H]2[C@H]3C[C@@H]4[C@@H](O[C@H]1[C@@H]42)[C@@H]3Br. The smallest absolute Gasteiger partial charge is 0.146 e. The van der Waals surface area contributed by atoms with E-state index < -0.39 is 11.7 Å². The fourth-order valence-corrected chi connectivity index (χ4v) is 6.18. The lowest BCUT2D eigenvalue weighted by atomic mass is 9.80. The van der Waals surface area contributed by atoms with Gasteiger partial charge in [-0.3, -0.25) is 0 Å². The van der Waals surface area contributed by atoms with Gasteiger partial charge in [-0.1, -0.05) is 15.9 Å². The molecule has 0 spiro atoms. The average Bonchev–Trinajstić information content (AvgIpc) is 3.03. The van der Waals surface area contributed by atoms with Crippen LogP contribution in [0, 0.1) is 23.7 Å². The van der Waals surface area contributed by atoms with E-state index in [1.807, 2.05) is 0 Å². The van der Waals surface area contributed by atoms with Gasteiger partial charge in [0.1, 0.15) is 12.4 Å². The van der Waals surface area contributed by atoms with E-state index >= 15 is 0 Å². The second-order valence-electron chi connectivity index (χ2n) is 6.37. The van der Waals surface area contributed by atoms with Gasteiger partial charge in [0, 0.05) is 11.9 Å². The molecule has 0 aromatic carbocycles. The quantitative estimate of drug-likeness (QED) is 0.434. The van der Waals surface area contributed by atoms with Crippen molar-refractivity contribution in [3.05, 3.63) is 0 Å². The highest BCUT2D eigenvalue weighted by Crippen LogP contribution is 2.68. The predicted octanol–water partition coefficient (Wildman–Crippen LogP) is 0.125. The summed E-state index contributed by atoms with van der Waals surface area (Å²) in [4.78, 5) is 0.322. The lowest BCUT2D eigenvalue weighted by molar-refractivity contribution is -0.192. The van der Waals surface area contributed by atoms with Gasteiger partial charge in [0.2, 0.25) is 0 Å². The molecule has 5 nitrogen and oxygen atoms in total. The van der Waals surface area contributed by atoms with Crippen molar-refractivity contribution in [3.8, 4) is 0 Å². The van der Waals surface area contributed by atoms with Crippen LogP contribution in [0.3, 0.4) is 0 Å². The van der Waals surface area contributed by atoms with Gasteiger partial charge < -0.3 is 24.4 Å². The number of aliphatic hydroxyl groups is 2. The van der Waals surface area contributed by atoms with Crippen LogP contribution in [0.4, 0.5) is 0 Å². The number of aliphatic hydroxyl groups excluding tert-OH is 1. The van der Waals surface area contributed by atoms with Crippen molar-refractivity contribution >= 4 is 15.9 Å². The van der Waals surface area contributed by atoms with E-state index in [-0.39, 0.29) is 37.4 Å². The summed E-state index contributed by atoms with van der Waals surface area (Å²) in [6.07, 6.45) is 0.235. The Balaban J connectivity index is 1.61. The first kappa shape index (κ1) is 13.0. The van der Waals surface area contributed by atoms with Gasteiger partial charge in [0.25, 0.3) is 0 Å². The molecule has 0 radical (unpaired) electrons. The largest absolute Gasteiger partial charge is 0.390 e. The van der Waals surface area contributed by atoms with Crippen molar-refractivity contribution in [1.82, 2.24) is 0 Å². The van der Waals surface area contributed by atoms with Crippen molar-refractivity contribution in [2.24, 2.45) is 23.7 Å². The Morgan fingerprint density at radius 3 is 2.89 bits per heavy atom. The van der Waals surface area contributed by atoms with Crippen molar-refractivity contribution in [2.45, 2.75) is 35.2 Å². The number of hydrogen-bond acceptors (Lipinski definition) is 5. The Morgan fingerprint density at radius 2 is 2.16 bits per heavy atom. The zero-order chi connectivity index (χ0) is 13.4. The maximum absolute atomic E-state index is 10.8. The minimum absolute atomic E-state index is 0.0682. The summed E-state index contributed by atoms with van der Waals surface area (Å²) in [6.45, 7) is 0.188. The molecule has 9 atom stereocenters. The Bertz CT molecular complexity index is 393. The minimum Gasteiger partial charge on any atom is -0.390 e. The molecule has 0 unspecified atom stereocenters. The second-order valence-corrected chi connectivity index (χ2v) is 7.43. The highest BCUT2D eigenvalue weighted by Gasteiger charge is 2.76. The van der Waals surface area contributed by atoms with Gasteiger partial charge in [0.05, 0.1) is 24.9 Å². The third-order valence-corrected chi connectivity index (χ3v) is 6.88. The van der Waals surface area contributed by atoms with Crippen LogP contribution in [0.1, 0.15) is 6.42 Å². The number of methoxy groups -OCH3 is 1. The lowest BCUT2D eigenvalue weighted by Crippen LogP contribution is -2.54. The van der Waals surface area contributed by atoms with Gasteiger partial charge in [-0.2, -0.15) is 0 Å². The van der Waals surface area contributed by atoms with E-state index in [1.165, 1.54) is 7.11 Å². The Morgan fingerprint density at radius 1 is 1.37 bits per heavy atom. The monoisotopic (exact) mass is 334 g/mol. The van der Waals surface area contributed by atoms with Crippen LogP contribution in [-0.2, 0) is 14.2 Å². The van der Waals surface area contributed by atoms with Gasteiger partial charge in [-0.25, -0.2) is 0 Å². The van der Waals surface area contributed by atoms with E-state index in [1.54, 1.807) is 0 Å². The zero-order valence-corrected chi connectivity index (χ0v) is 12.3. The van der Waals surface area contributed by atoms with Gasteiger partial charge >= 0.3 is 0 Å². The van der Waals surface area contributed by atoms with Crippen molar-refractivity contribution < 1.29 is 24.4 Å². The Kier molecular flexibility index (Phi) is 2.83. The molecule has 0 aromatic heterocycles. The average molecular weight is 335 g/mol. The minimum atomic E-state index is -1.29.